The minimum atomic E-state index is -0.160. The number of carbonyl (C=O) groups excluding carboxylic acids is 1. The molecule has 1 aromatic heterocycles. The van der Waals surface area contributed by atoms with Gasteiger partial charge in [-0.05, 0) is 18.6 Å². The van der Waals surface area contributed by atoms with Gasteiger partial charge >= 0.3 is 0 Å². The van der Waals surface area contributed by atoms with Crippen molar-refractivity contribution in [1.82, 2.24) is 10.3 Å². The Morgan fingerprint density at radius 1 is 1.24 bits per heavy atom. The lowest BCUT2D eigenvalue weighted by molar-refractivity contribution is 0.0953. The van der Waals surface area contributed by atoms with Crippen molar-refractivity contribution < 1.29 is 4.79 Å². The van der Waals surface area contributed by atoms with Gasteiger partial charge < -0.3 is 5.32 Å². The maximum absolute atomic E-state index is 11.7. The molecule has 0 saturated carbocycles. The zero-order chi connectivity index (χ0) is 12.7. The molecule has 1 rings (SSSR count). The second kappa shape index (κ2) is 7.51. The lowest BCUT2D eigenvalue weighted by Gasteiger charge is -2.05. The summed E-state index contributed by atoms with van der Waals surface area (Å²) in [5, 5.41) is 3.29. The van der Waals surface area contributed by atoms with Crippen LogP contribution in [0.2, 0.25) is 10.3 Å². The molecule has 5 heteroatoms. The van der Waals surface area contributed by atoms with Crippen molar-refractivity contribution in [3.05, 3.63) is 28.0 Å². The molecule has 0 aliphatic carbocycles. The van der Waals surface area contributed by atoms with E-state index in [0.29, 0.717) is 12.1 Å². The summed E-state index contributed by atoms with van der Waals surface area (Å²) in [5.74, 6) is -0.160. The summed E-state index contributed by atoms with van der Waals surface area (Å²) < 4.78 is 0. The highest BCUT2D eigenvalue weighted by atomic mass is 35.5. The van der Waals surface area contributed by atoms with Crippen molar-refractivity contribution in [2.75, 3.05) is 6.54 Å². The Labute approximate surface area is 112 Å². The number of aromatic nitrogens is 1. The van der Waals surface area contributed by atoms with Gasteiger partial charge in [0.05, 0.1) is 0 Å². The molecule has 0 aliphatic heterocycles. The fourth-order valence-corrected chi connectivity index (χ4v) is 1.91. The fraction of sp³-hybridized carbons (Fsp3) is 0.500. The van der Waals surface area contributed by atoms with Gasteiger partial charge in [0.1, 0.15) is 10.3 Å². The third-order valence-electron chi connectivity index (χ3n) is 2.34. The van der Waals surface area contributed by atoms with Crippen LogP contribution in [0.15, 0.2) is 12.1 Å². The van der Waals surface area contributed by atoms with E-state index in [-0.39, 0.29) is 16.2 Å². The van der Waals surface area contributed by atoms with E-state index in [1.165, 1.54) is 25.0 Å². The smallest absolute Gasteiger partial charge is 0.251 e. The van der Waals surface area contributed by atoms with Gasteiger partial charge in [0.15, 0.2) is 0 Å². The quantitative estimate of drug-likeness (QED) is 0.635. The molecule has 3 nitrogen and oxygen atoms in total. The van der Waals surface area contributed by atoms with Crippen LogP contribution in [0.1, 0.15) is 43.0 Å². The molecular weight excluding hydrogens is 259 g/mol. The monoisotopic (exact) mass is 274 g/mol. The van der Waals surface area contributed by atoms with Crippen molar-refractivity contribution in [3.63, 3.8) is 0 Å². The lowest BCUT2D eigenvalue weighted by atomic mass is 10.2. The summed E-state index contributed by atoms with van der Waals surface area (Å²) in [4.78, 5) is 15.5. The molecular formula is C12H16Cl2N2O. The minimum absolute atomic E-state index is 0.160. The number of hydrogen-bond acceptors (Lipinski definition) is 2. The molecule has 1 N–H and O–H groups in total. The normalized spacial score (nSPS) is 10.3. The first-order valence-corrected chi connectivity index (χ1v) is 6.50. The Morgan fingerprint density at radius 3 is 2.47 bits per heavy atom. The molecule has 0 saturated heterocycles. The van der Waals surface area contributed by atoms with Crippen LogP contribution in [-0.2, 0) is 0 Å². The summed E-state index contributed by atoms with van der Waals surface area (Å²) in [6, 6.07) is 3.02. The SMILES string of the molecule is CCCCCCNC(=O)c1cc(Cl)nc(Cl)c1. The summed E-state index contributed by atoms with van der Waals surface area (Å²) in [6.45, 7) is 2.83. The van der Waals surface area contributed by atoms with E-state index in [0.717, 1.165) is 12.8 Å². The summed E-state index contributed by atoms with van der Waals surface area (Å²) in [5.41, 5.74) is 0.450. The number of halogens is 2. The second-order valence-corrected chi connectivity index (χ2v) is 4.59. The van der Waals surface area contributed by atoms with Gasteiger partial charge in [0, 0.05) is 12.1 Å². The Morgan fingerprint density at radius 2 is 1.88 bits per heavy atom. The highest BCUT2D eigenvalue weighted by molar-refractivity contribution is 6.33. The minimum Gasteiger partial charge on any atom is -0.352 e. The van der Waals surface area contributed by atoms with Crippen molar-refractivity contribution in [2.24, 2.45) is 0 Å². The number of unbranched alkanes of at least 4 members (excludes halogenated alkanes) is 3. The number of amides is 1. The van der Waals surface area contributed by atoms with Crippen LogP contribution in [-0.4, -0.2) is 17.4 Å². The zero-order valence-corrected chi connectivity index (χ0v) is 11.3. The first kappa shape index (κ1) is 14.3. The van der Waals surface area contributed by atoms with Crippen molar-refractivity contribution in [2.45, 2.75) is 32.6 Å². The molecule has 0 bridgehead atoms. The Bertz CT molecular complexity index is 363. The summed E-state index contributed by atoms with van der Waals surface area (Å²) in [6.07, 6.45) is 4.51. The average Bonchev–Trinajstić information content (AvgIpc) is 2.27. The van der Waals surface area contributed by atoms with E-state index >= 15 is 0 Å². The third kappa shape index (κ3) is 5.37. The molecule has 0 spiro atoms. The molecule has 0 radical (unpaired) electrons. The van der Waals surface area contributed by atoms with Gasteiger partial charge in [0.2, 0.25) is 0 Å². The number of carbonyl (C=O) groups is 1. The molecule has 1 amide bonds. The van der Waals surface area contributed by atoms with Crippen molar-refractivity contribution in [1.29, 1.82) is 0 Å². The number of nitrogens with one attached hydrogen (secondary N) is 1. The first-order valence-electron chi connectivity index (χ1n) is 5.74. The predicted octanol–water partition coefficient (Wildman–Crippen LogP) is 3.70. The maximum Gasteiger partial charge on any atom is 0.251 e. The zero-order valence-electron chi connectivity index (χ0n) is 9.80. The fourth-order valence-electron chi connectivity index (χ4n) is 1.45. The Kier molecular flexibility index (Phi) is 6.30. The van der Waals surface area contributed by atoms with Gasteiger partial charge in [-0.2, -0.15) is 0 Å². The van der Waals surface area contributed by atoms with Crippen LogP contribution in [0, 0.1) is 0 Å². The summed E-state index contributed by atoms with van der Waals surface area (Å²) >= 11 is 11.4. The van der Waals surface area contributed by atoms with Crippen molar-refractivity contribution in [3.8, 4) is 0 Å². The van der Waals surface area contributed by atoms with Gasteiger partial charge in [-0.1, -0.05) is 49.4 Å². The molecule has 0 aliphatic rings. The highest BCUT2D eigenvalue weighted by Gasteiger charge is 2.07. The Balaban J connectivity index is 2.41. The van der Waals surface area contributed by atoms with E-state index in [1.807, 2.05) is 0 Å². The largest absolute Gasteiger partial charge is 0.352 e. The van der Waals surface area contributed by atoms with Crippen LogP contribution < -0.4 is 5.32 Å². The average molecular weight is 275 g/mol. The number of pyridine rings is 1. The van der Waals surface area contributed by atoms with Crippen LogP contribution >= 0.6 is 23.2 Å². The van der Waals surface area contributed by atoms with E-state index in [4.69, 9.17) is 23.2 Å². The van der Waals surface area contributed by atoms with E-state index < -0.39 is 0 Å². The molecule has 0 aromatic carbocycles. The van der Waals surface area contributed by atoms with Gasteiger partial charge in [-0.25, -0.2) is 4.98 Å². The molecule has 17 heavy (non-hydrogen) atoms. The number of nitrogens with zero attached hydrogens (tertiary/aromatic N) is 1. The molecule has 1 aromatic rings. The molecule has 0 fully saturated rings. The van der Waals surface area contributed by atoms with Gasteiger partial charge in [0.25, 0.3) is 5.91 Å². The van der Waals surface area contributed by atoms with E-state index in [1.54, 1.807) is 0 Å². The van der Waals surface area contributed by atoms with E-state index in [2.05, 4.69) is 17.2 Å². The third-order valence-corrected chi connectivity index (χ3v) is 2.73. The van der Waals surface area contributed by atoms with Crippen molar-refractivity contribution >= 4 is 29.1 Å². The van der Waals surface area contributed by atoms with Crippen LogP contribution in [0.4, 0.5) is 0 Å². The van der Waals surface area contributed by atoms with Crippen LogP contribution in [0.25, 0.3) is 0 Å². The van der Waals surface area contributed by atoms with Crippen LogP contribution in [0.3, 0.4) is 0 Å². The van der Waals surface area contributed by atoms with Gasteiger partial charge in [-0.15, -0.1) is 0 Å². The standard InChI is InChI=1S/C12H16Cl2N2O/c1-2-3-4-5-6-15-12(17)9-7-10(13)16-11(14)8-9/h7-8H,2-6H2,1H3,(H,15,17). The van der Waals surface area contributed by atoms with Crippen LogP contribution in [0.5, 0.6) is 0 Å². The molecule has 0 atom stereocenters. The topological polar surface area (TPSA) is 42.0 Å². The molecule has 0 unspecified atom stereocenters. The molecule has 1 heterocycles. The Hall–Kier alpha value is -0.800. The first-order chi connectivity index (χ1) is 8.13. The van der Waals surface area contributed by atoms with E-state index in [9.17, 15) is 4.79 Å². The van der Waals surface area contributed by atoms with Gasteiger partial charge in [-0.3, -0.25) is 4.79 Å². The predicted molar refractivity (Wildman–Crippen MR) is 70.7 cm³/mol. The number of hydrogen-bond donors (Lipinski definition) is 1. The molecule has 94 valence electrons. The maximum atomic E-state index is 11.7. The highest BCUT2D eigenvalue weighted by Crippen LogP contribution is 2.14. The summed E-state index contributed by atoms with van der Waals surface area (Å²) in [7, 11) is 0. The second-order valence-electron chi connectivity index (χ2n) is 3.82. The number of rotatable bonds is 6. The lowest BCUT2D eigenvalue weighted by Crippen LogP contribution is -2.24.